The molecule has 23 heavy (non-hydrogen) atoms. The van der Waals surface area contributed by atoms with E-state index >= 15 is 0 Å². The van der Waals surface area contributed by atoms with E-state index in [0.717, 1.165) is 46.3 Å². The number of piperidine rings is 1. The first-order valence-electron chi connectivity index (χ1n) is 8.69. The van der Waals surface area contributed by atoms with Crippen molar-refractivity contribution in [2.24, 2.45) is 23.7 Å². The molecule has 0 spiro atoms. The van der Waals surface area contributed by atoms with Gasteiger partial charge in [-0.15, -0.1) is 0 Å². The Morgan fingerprint density at radius 3 is 2.65 bits per heavy atom. The Kier molecular flexibility index (Phi) is 2.73. The van der Waals surface area contributed by atoms with Gasteiger partial charge < -0.3 is 4.90 Å². The fourth-order valence-electron chi connectivity index (χ4n) is 4.45. The van der Waals surface area contributed by atoms with Crippen LogP contribution in [0, 0.1) is 23.7 Å². The molecule has 3 heterocycles. The zero-order valence-electron chi connectivity index (χ0n) is 13.7. The van der Waals surface area contributed by atoms with Gasteiger partial charge in [0, 0.05) is 19.3 Å². The van der Waals surface area contributed by atoms with Crippen LogP contribution < -0.4 is 4.90 Å². The van der Waals surface area contributed by atoms with E-state index in [1.807, 2.05) is 18.2 Å². The summed E-state index contributed by atoms with van der Waals surface area (Å²) >= 11 is 0. The number of hydrogen-bond acceptors (Lipinski definition) is 3. The topological polar surface area (TPSA) is 33.4 Å². The maximum Gasteiger partial charge on any atom is 0.236 e. The third-order valence-electron chi connectivity index (χ3n) is 5.60. The van der Waals surface area contributed by atoms with Crippen molar-refractivity contribution in [1.29, 1.82) is 0 Å². The molecule has 0 amide bonds. The van der Waals surface area contributed by atoms with Crippen LogP contribution in [0.2, 0.25) is 0 Å². The number of rotatable bonds is 3. The Morgan fingerprint density at radius 2 is 1.87 bits per heavy atom. The Bertz CT molecular complexity index is 869. The first-order valence-corrected chi connectivity index (χ1v) is 8.69. The minimum absolute atomic E-state index is 0.808. The summed E-state index contributed by atoms with van der Waals surface area (Å²) in [6.45, 7) is 7.02. The molecule has 118 valence electrons. The molecule has 1 aliphatic carbocycles. The second kappa shape index (κ2) is 4.70. The number of aromatic nitrogens is 3. The molecule has 4 nitrogen and oxygen atoms in total. The van der Waals surface area contributed by atoms with Gasteiger partial charge in [0.05, 0.1) is 11.0 Å². The van der Waals surface area contributed by atoms with Crippen LogP contribution in [-0.2, 0) is 0 Å². The lowest BCUT2D eigenvalue weighted by Gasteiger charge is -2.21. The Labute approximate surface area is 136 Å². The standard InChI is InChI=1S/C19H22N4/c1-12(2)9-13-14-10-22(11-15(13)14)18-7-8-23-17-6-4-3-5-16(17)20-19(23)21-18/h3-8,12-15H,9-11H2,1-2H3/t13?,14-,15+. The first-order chi connectivity index (χ1) is 11.2. The second-order valence-electron chi connectivity index (χ2n) is 7.58. The zero-order valence-corrected chi connectivity index (χ0v) is 13.7. The van der Waals surface area contributed by atoms with Gasteiger partial charge in [-0.1, -0.05) is 26.0 Å². The molecule has 4 heteroatoms. The lowest BCUT2D eigenvalue weighted by Crippen LogP contribution is -2.25. The molecule has 1 saturated heterocycles. The highest BCUT2D eigenvalue weighted by molar-refractivity contribution is 5.79. The van der Waals surface area contributed by atoms with Crippen molar-refractivity contribution in [2.45, 2.75) is 20.3 Å². The zero-order chi connectivity index (χ0) is 15.6. The lowest BCUT2D eigenvalue weighted by atomic mass is 10.0. The first kappa shape index (κ1) is 13.3. The van der Waals surface area contributed by atoms with E-state index in [-0.39, 0.29) is 0 Å². The number of anilines is 1. The molecular weight excluding hydrogens is 284 g/mol. The molecule has 1 saturated carbocycles. The van der Waals surface area contributed by atoms with Crippen LogP contribution in [0.15, 0.2) is 36.5 Å². The fourth-order valence-corrected chi connectivity index (χ4v) is 4.45. The summed E-state index contributed by atoms with van der Waals surface area (Å²) in [6.07, 6.45) is 3.50. The van der Waals surface area contributed by atoms with E-state index in [0.29, 0.717) is 0 Å². The van der Waals surface area contributed by atoms with E-state index in [9.17, 15) is 0 Å². The molecule has 0 bridgehead atoms. The highest BCUT2D eigenvalue weighted by Crippen LogP contribution is 2.55. The van der Waals surface area contributed by atoms with Crippen LogP contribution in [0.4, 0.5) is 5.82 Å². The van der Waals surface area contributed by atoms with Gasteiger partial charge in [-0.05, 0) is 48.3 Å². The van der Waals surface area contributed by atoms with E-state index in [4.69, 9.17) is 4.98 Å². The van der Waals surface area contributed by atoms with Crippen molar-refractivity contribution in [2.75, 3.05) is 18.0 Å². The minimum Gasteiger partial charge on any atom is -0.356 e. The molecule has 0 radical (unpaired) electrons. The molecule has 5 rings (SSSR count). The van der Waals surface area contributed by atoms with Crippen molar-refractivity contribution in [3.63, 3.8) is 0 Å². The van der Waals surface area contributed by atoms with Gasteiger partial charge in [-0.3, -0.25) is 4.40 Å². The quantitative estimate of drug-likeness (QED) is 0.741. The number of benzene rings is 1. The van der Waals surface area contributed by atoms with Crippen molar-refractivity contribution >= 4 is 22.6 Å². The van der Waals surface area contributed by atoms with Crippen LogP contribution in [-0.4, -0.2) is 27.5 Å². The van der Waals surface area contributed by atoms with Crippen molar-refractivity contribution < 1.29 is 0 Å². The van der Waals surface area contributed by atoms with Gasteiger partial charge in [-0.25, -0.2) is 4.98 Å². The highest BCUT2D eigenvalue weighted by Gasteiger charge is 2.55. The average Bonchev–Trinajstić information content (AvgIpc) is 2.93. The summed E-state index contributed by atoms with van der Waals surface area (Å²) in [5.74, 6) is 5.48. The minimum atomic E-state index is 0.808. The summed E-state index contributed by atoms with van der Waals surface area (Å²) in [6, 6.07) is 10.4. The van der Waals surface area contributed by atoms with Crippen molar-refractivity contribution in [1.82, 2.24) is 14.4 Å². The maximum absolute atomic E-state index is 4.81. The van der Waals surface area contributed by atoms with E-state index < -0.39 is 0 Å². The van der Waals surface area contributed by atoms with Crippen molar-refractivity contribution in [3.8, 4) is 0 Å². The third-order valence-corrected chi connectivity index (χ3v) is 5.60. The highest BCUT2D eigenvalue weighted by atomic mass is 15.3. The van der Waals surface area contributed by atoms with Gasteiger partial charge in [0.25, 0.3) is 0 Å². The summed E-state index contributed by atoms with van der Waals surface area (Å²) < 4.78 is 2.08. The largest absolute Gasteiger partial charge is 0.356 e. The molecule has 3 aromatic rings. The van der Waals surface area contributed by atoms with Crippen LogP contribution >= 0.6 is 0 Å². The van der Waals surface area contributed by atoms with E-state index in [1.54, 1.807) is 0 Å². The second-order valence-corrected chi connectivity index (χ2v) is 7.58. The number of imidazole rings is 1. The SMILES string of the molecule is CC(C)CC1[C@H]2CN(c3ccn4c(n3)nc3ccccc34)C[C@@H]12. The van der Waals surface area contributed by atoms with Crippen molar-refractivity contribution in [3.05, 3.63) is 36.5 Å². The van der Waals surface area contributed by atoms with Crippen LogP contribution in [0.3, 0.4) is 0 Å². The molecule has 3 atom stereocenters. The average molecular weight is 306 g/mol. The molecule has 2 fully saturated rings. The summed E-state index contributed by atoms with van der Waals surface area (Å²) in [4.78, 5) is 11.9. The predicted octanol–water partition coefficient (Wildman–Crippen LogP) is 3.61. The summed E-state index contributed by atoms with van der Waals surface area (Å²) in [5, 5.41) is 0. The number of fused-ring (bicyclic) bond motifs is 4. The molecule has 1 unspecified atom stereocenters. The van der Waals surface area contributed by atoms with Gasteiger partial charge >= 0.3 is 0 Å². The van der Waals surface area contributed by atoms with E-state index in [1.165, 1.54) is 19.5 Å². The van der Waals surface area contributed by atoms with Crippen LogP contribution in [0.1, 0.15) is 20.3 Å². The predicted molar refractivity (Wildman–Crippen MR) is 92.6 cm³/mol. The molecule has 1 aliphatic heterocycles. The summed E-state index contributed by atoms with van der Waals surface area (Å²) in [7, 11) is 0. The van der Waals surface area contributed by atoms with Gasteiger partial charge in [0.2, 0.25) is 5.78 Å². The van der Waals surface area contributed by atoms with Gasteiger partial charge in [-0.2, -0.15) is 4.98 Å². The monoisotopic (exact) mass is 306 g/mol. The molecule has 1 aromatic carbocycles. The van der Waals surface area contributed by atoms with Gasteiger partial charge in [0.1, 0.15) is 5.82 Å². The maximum atomic E-state index is 4.81. The number of para-hydroxylation sites is 2. The molecular formula is C19H22N4. The molecule has 2 aliphatic rings. The molecule has 2 aromatic heterocycles. The Balaban J connectivity index is 1.41. The van der Waals surface area contributed by atoms with Gasteiger partial charge in [0.15, 0.2) is 0 Å². The smallest absolute Gasteiger partial charge is 0.236 e. The molecule has 0 N–H and O–H groups in total. The normalized spacial score (nSPS) is 26.4. The van der Waals surface area contributed by atoms with Crippen LogP contribution in [0.5, 0.6) is 0 Å². The lowest BCUT2D eigenvalue weighted by molar-refractivity contribution is 0.484. The van der Waals surface area contributed by atoms with Crippen LogP contribution in [0.25, 0.3) is 16.8 Å². The third kappa shape index (κ3) is 2.04. The number of nitrogens with zero attached hydrogens (tertiary/aromatic N) is 4. The number of hydrogen-bond donors (Lipinski definition) is 0. The Hall–Kier alpha value is -2.10. The van der Waals surface area contributed by atoms with E-state index in [2.05, 4.69) is 46.5 Å². The fraction of sp³-hybridized carbons (Fsp3) is 0.474. The summed E-state index contributed by atoms with van der Waals surface area (Å²) in [5.41, 5.74) is 2.14. The Morgan fingerprint density at radius 1 is 1.09 bits per heavy atom.